The number of rotatable bonds is 7. The van der Waals surface area contributed by atoms with Crippen LogP contribution in [0.4, 0.5) is 0 Å². The van der Waals surface area contributed by atoms with Crippen molar-refractivity contribution in [3.05, 3.63) is 22.4 Å². The summed E-state index contributed by atoms with van der Waals surface area (Å²) in [6, 6.07) is 4.39. The molecular weight excluding hydrogens is 431 g/mol. The van der Waals surface area contributed by atoms with Crippen LogP contribution in [0.15, 0.2) is 22.5 Å². The van der Waals surface area contributed by atoms with E-state index in [0.29, 0.717) is 11.8 Å². The molecule has 0 bridgehead atoms. The molecule has 138 valence electrons. The number of nitrogens with one attached hydrogen (secondary N) is 2. The zero-order valence-corrected chi connectivity index (χ0v) is 18.4. The second-order valence-electron chi connectivity index (χ2n) is 6.82. The van der Waals surface area contributed by atoms with E-state index in [-0.39, 0.29) is 24.0 Å². The molecule has 1 aliphatic rings. The van der Waals surface area contributed by atoms with Crippen LogP contribution in [-0.4, -0.2) is 43.6 Å². The van der Waals surface area contributed by atoms with E-state index < -0.39 is 0 Å². The Hall–Kier alpha value is -0.340. The summed E-state index contributed by atoms with van der Waals surface area (Å²) in [5, 5.41) is 9.06. The average Bonchev–Trinajstić information content (AvgIpc) is 3.03. The summed E-state index contributed by atoms with van der Waals surface area (Å²) in [4.78, 5) is 8.73. The SMILES string of the molecule is CCNC(=NCC(C)C)NCC1CCCN(Cc2cccs2)C1.I. The van der Waals surface area contributed by atoms with Crippen molar-refractivity contribution in [2.24, 2.45) is 16.8 Å². The van der Waals surface area contributed by atoms with Gasteiger partial charge in [-0.2, -0.15) is 0 Å². The standard InChI is InChI=1S/C18H32N4S.HI/c1-4-19-18(20-11-15(2)3)21-12-16-7-5-9-22(13-16)14-17-8-6-10-23-17;/h6,8,10,15-16H,4-5,7,9,11-14H2,1-3H3,(H2,19,20,21);1H. The van der Waals surface area contributed by atoms with Gasteiger partial charge in [-0.05, 0) is 49.6 Å². The first-order valence-corrected chi connectivity index (χ1v) is 9.82. The van der Waals surface area contributed by atoms with Crippen molar-refractivity contribution in [2.75, 3.05) is 32.7 Å². The van der Waals surface area contributed by atoms with Crippen molar-refractivity contribution in [1.82, 2.24) is 15.5 Å². The molecule has 2 heterocycles. The lowest BCUT2D eigenvalue weighted by atomic mass is 9.98. The summed E-state index contributed by atoms with van der Waals surface area (Å²) in [7, 11) is 0. The summed E-state index contributed by atoms with van der Waals surface area (Å²) in [6.45, 7) is 12.9. The second kappa shape index (κ2) is 12.1. The highest BCUT2D eigenvalue weighted by atomic mass is 127. The predicted octanol–water partition coefficient (Wildman–Crippen LogP) is 3.79. The van der Waals surface area contributed by atoms with Gasteiger partial charge in [0.2, 0.25) is 0 Å². The van der Waals surface area contributed by atoms with Gasteiger partial charge in [0.15, 0.2) is 5.96 Å². The summed E-state index contributed by atoms with van der Waals surface area (Å²) in [6.07, 6.45) is 2.62. The van der Waals surface area contributed by atoms with Gasteiger partial charge in [-0.15, -0.1) is 35.3 Å². The Kier molecular flexibility index (Phi) is 10.9. The number of halogens is 1. The molecule has 24 heavy (non-hydrogen) atoms. The zero-order valence-electron chi connectivity index (χ0n) is 15.3. The lowest BCUT2D eigenvalue weighted by Gasteiger charge is -2.32. The highest BCUT2D eigenvalue weighted by Crippen LogP contribution is 2.19. The molecule has 0 aliphatic carbocycles. The number of aliphatic imine (C=N–C) groups is 1. The molecule has 1 fully saturated rings. The maximum Gasteiger partial charge on any atom is 0.191 e. The van der Waals surface area contributed by atoms with Gasteiger partial charge in [0.25, 0.3) is 0 Å². The first kappa shape index (κ1) is 21.7. The number of nitrogens with zero attached hydrogens (tertiary/aromatic N) is 2. The van der Waals surface area contributed by atoms with E-state index in [9.17, 15) is 0 Å². The fourth-order valence-corrected chi connectivity index (χ4v) is 3.69. The Balaban J connectivity index is 0.00000288. The first-order chi connectivity index (χ1) is 11.2. The molecule has 2 rings (SSSR count). The molecule has 1 unspecified atom stereocenters. The van der Waals surface area contributed by atoms with Gasteiger partial charge in [-0.3, -0.25) is 9.89 Å². The number of hydrogen-bond acceptors (Lipinski definition) is 3. The molecule has 2 N–H and O–H groups in total. The van der Waals surface area contributed by atoms with E-state index in [1.165, 1.54) is 30.8 Å². The van der Waals surface area contributed by atoms with E-state index in [0.717, 1.165) is 32.1 Å². The molecule has 1 aliphatic heterocycles. The average molecular weight is 464 g/mol. The van der Waals surface area contributed by atoms with Crippen LogP contribution in [0.3, 0.4) is 0 Å². The Morgan fingerprint density at radius 2 is 2.25 bits per heavy atom. The van der Waals surface area contributed by atoms with Crippen LogP contribution >= 0.6 is 35.3 Å². The van der Waals surface area contributed by atoms with Gasteiger partial charge in [-0.25, -0.2) is 0 Å². The number of likely N-dealkylation sites (tertiary alicyclic amines) is 1. The number of guanidine groups is 1. The topological polar surface area (TPSA) is 39.7 Å². The predicted molar refractivity (Wildman–Crippen MR) is 117 cm³/mol. The molecule has 0 spiro atoms. The van der Waals surface area contributed by atoms with Crippen LogP contribution in [0.1, 0.15) is 38.5 Å². The van der Waals surface area contributed by atoms with Crippen LogP contribution < -0.4 is 10.6 Å². The van der Waals surface area contributed by atoms with Gasteiger partial charge >= 0.3 is 0 Å². The van der Waals surface area contributed by atoms with Gasteiger partial charge in [0, 0.05) is 37.6 Å². The largest absolute Gasteiger partial charge is 0.357 e. The molecule has 0 radical (unpaired) electrons. The van der Waals surface area contributed by atoms with Crippen molar-refractivity contribution < 1.29 is 0 Å². The molecular formula is C18H33IN4S. The van der Waals surface area contributed by atoms with Gasteiger partial charge in [-0.1, -0.05) is 19.9 Å². The van der Waals surface area contributed by atoms with E-state index in [2.05, 4.69) is 58.8 Å². The molecule has 1 saturated heterocycles. The maximum absolute atomic E-state index is 4.66. The summed E-state index contributed by atoms with van der Waals surface area (Å²) < 4.78 is 0. The molecule has 1 aromatic rings. The molecule has 4 nitrogen and oxygen atoms in total. The maximum atomic E-state index is 4.66. The first-order valence-electron chi connectivity index (χ1n) is 8.94. The van der Waals surface area contributed by atoms with Crippen molar-refractivity contribution in [1.29, 1.82) is 0 Å². The Labute approximate surface area is 168 Å². The van der Waals surface area contributed by atoms with E-state index in [4.69, 9.17) is 0 Å². The minimum atomic E-state index is 0. The number of piperidine rings is 1. The second-order valence-corrected chi connectivity index (χ2v) is 7.85. The molecule has 0 aromatic carbocycles. The van der Waals surface area contributed by atoms with E-state index >= 15 is 0 Å². The molecule has 6 heteroatoms. The smallest absolute Gasteiger partial charge is 0.191 e. The third-order valence-electron chi connectivity index (χ3n) is 4.08. The van der Waals surface area contributed by atoms with Crippen LogP contribution in [0.25, 0.3) is 0 Å². The van der Waals surface area contributed by atoms with Crippen molar-refractivity contribution in [3.63, 3.8) is 0 Å². The highest BCUT2D eigenvalue weighted by Gasteiger charge is 2.20. The van der Waals surface area contributed by atoms with Crippen molar-refractivity contribution >= 4 is 41.3 Å². The lowest BCUT2D eigenvalue weighted by molar-refractivity contribution is 0.169. The van der Waals surface area contributed by atoms with Gasteiger partial charge in [0.1, 0.15) is 0 Å². The summed E-state index contributed by atoms with van der Waals surface area (Å²) >= 11 is 1.87. The lowest BCUT2D eigenvalue weighted by Crippen LogP contribution is -2.44. The zero-order chi connectivity index (χ0) is 16.5. The monoisotopic (exact) mass is 464 g/mol. The third-order valence-corrected chi connectivity index (χ3v) is 4.94. The van der Waals surface area contributed by atoms with Crippen LogP contribution in [0.5, 0.6) is 0 Å². The fraction of sp³-hybridized carbons (Fsp3) is 0.722. The van der Waals surface area contributed by atoms with Gasteiger partial charge in [0.05, 0.1) is 0 Å². The van der Waals surface area contributed by atoms with E-state index in [1.54, 1.807) is 0 Å². The normalized spacial score (nSPS) is 19.2. The van der Waals surface area contributed by atoms with Gasteiger partial charge < -0.3 is 10.6 Å². The fourth-order valence-electron chi connectivity index (χ4n) is 2.94. The number of hydrogen-bond donors (Lipinski definition) is 2. The Morgan fingerprint density at radius 3 is 2.92 bits per heavy atom. The number of thiophene rings is 1. The third kappa shape index (κ3) is 8.16. The molecule has 0 saturated carbocycles. The summed E-state index contributed by atoms with van der Waals surface area (Å²) in [5.74, 6) is 2.28. The Morgan fingerprint density at radius 1 is 1.42 bits per heavy atom. The van der Waals surface area contributed by atoms with E-state index in [1.807, 2.05) is 11.3 Å². The molecule has 0 amide bonds. The van der Waals surface area contributed by atoms with Crippen LogP contribution in [0.2, 0.25) is 0 Å². The minimum absolute atomic E-state index is 0. The quantitative estimate of drug-likeness (QED) is 0.367. The minimum Gasteiger partial charge on any atom is -0.357 e. The van der Waals surface area contributed by atoms with Crippen LogP contribution in [0, 0.1) is 11.8 Å². The highest BCUT2D eigenvalue weighted by molar-refractivity contribution is 14.0. The molecule has 1 atom stereocenters. The van der Waals surface area contributed by atoms with Crippen molar-refractivity contribution in [2.45, 2.75) is 40.2 Å². The van der Waals surface area contributed by atoms with Crippen molar-refractivity contribution in [3.8, 4) is 0 Å². The van der Waals surface area contributed by atoms with Crippen LogP contribution in [-0.2, 0) is 6.54 Å². The molecule has 1 aromatic heterocycles. The summed E-state index contributed by atoms with van der Waals surface area (Å²) in [5.41, 5.74) is 0. The Bertz CT molecular complexity index is 462.